The Labute approximate surface area is 126 Å². The van der Waals surface area contributed by atoms with E-state index in [1.54, 1.807) is 60.5 Å². The SMILES string of the molecule is COc1ccc(NC(=O)Cn2ccc3c(=O)[nH]ccc32)cc1. The first-order valence-electron chi connectivity index (χ1n) is 6.78. The smallest absolute Gasteiger partial charge is 0.257 e. The second-order valence-corrected chi connectivity index (χ2v) is 4.83. The lowest BCUT2D eigenvalue weighted by molar-refractivity contribution is -0.116. The number of methoxy groups -OCH3 is 1. The van der Waals surface area contributed by atoms with Gasteiger partial charge >= 0.3 is 0 Å². The fourth-order valence-corrected chi connectivity index (χ4v) is 2.30. The minimum Gasteiger partial charge on any atom is -0.497 e. The van der Waals surface area contributed by atoms with Crippen LogP contribution >= 0.6 is 0 Å². The van der Waals surface area contributed by atoms with E-state index in [0.717, 1.165) is 11.3 Å². The first kappa shape index (κ1) is 13.9. The molecule has 6 heteroatoms. The highest BCUT2D eigenvalue weighted by Crippen LogP contribution is 2.15. The maximum absolute atomic E-state index is 12.1. The van der Waals surface area contributed by atoms with Crippen molar-refractivity contribution >= 4 is 22.5 Å². The third-order valence-corrected chi connectivity index (χ3v) is 3.39. The van der Waals surface area contributed by atoms with E-state index < -0.39 is 0 Å². The standard InChI is InChI=1S/C16H15N3O3/c1-22-12-4-2-11(3-5-12)18-15(20)10-19-9-7-13-14(19)6-8-17-16(13)21/h2-9H,10H2,1H3,(H,17,21)(H,18,20). The lowest BCUT2D eigenvalue weighted by Gasteiger charge is -2.08. The van der Waals surface area contributed by atoms with Gasteiger partial charge in [-0.1, -0.05) is 0 Å². The van der Waals surface area contributed by atoms with Crippen molar-refractivity contribution in [3.8, 4) is 5.75 Å². The van der Waals surface area contributed by atoms with Crippen molar-refractivity contribution < 1.29 is 9.53 Å². The van der Waals surface area contributed by atoms with E-state index in [4.69, 9.17) is 4.74 Å². The molecule has 0 unspecified atom stereocenters. The van der Waals surface area contributed by atoms with Gasteiger partial charge in [0, 0.05) is 18.1 Å². The Hall–Kier alpha value is -3.02. The molecule has 0 aliphatic heterocycles. The van der Waals surface area contributed by atoms with E-state index in [0.29, 0.717) is 11.1 Å². The molecule has 0 radical (unpaired) electrons. The van der Waals surface area contributed by atoms with Crippen LogP contribution in [0.15, 0.2) is 53.6 Å². The molecule has 0 bridgehead atoms. The number of aromatic nitrogens is 2. The number of benzene rings is 1. The van der Waals surface area contributed by atoms with Crippen molar-refractivity contribution in [1.29, 1.82) is 0 Å². The highest BCUT2D eigenvalue weighted by Gasteiger charge is 2.08. The minimum atomic E-state index is -0.164. The highest BCUT2D eigenvalue weighted by molar-refractivity contribution is 5.92. The number of hydrogen-bond donors (Lipinski definition) is 2. The maximum atomic E-state index is 12.1. The fraction of sp³-hybridized carbons (Fsp3) is 0.125. The van der Waals surface area contributed by atoms with Crippen LogP contribution in [0.4, 0.5) is 5.69 Å². The molecule has 0 aliphatic rings. The quantitative estimate of drug-likeness (QED) is 0.773. The average molecular weight is 297 g/mol. The van der Waals surface area contributed by atoms with Crippen molar-refractivity contribution in [2.45, 2.75) is 6.54 Å². The molecule has 0 aliphatic carbocycles. The number of H-pyrrole nitrogens is 1. The van der Waals surface area contributed by atoms with E-state index in [-0.39, 0.29) is 18.0 Å². The molecule has 1 aromatic carbocycles. The van der Waals surface area contributed by atoms with Crippen molar-refractivity contribution in [2.24, 2.45) is 0 Å². The van der Waals surface area contributed by atoms with Crippen molar-refractivity contribution in [2.75, 3.05) is 12.4 Å². The molecule has 2 heterocycles. The minimum absolute atomic E-state index is 0.138. The summed E-state index contributed by atoms with van der Waals surface area (Å²) in [4.78, 5) is 26.4. The second-order valence-electron chi connectivity index (χ2n) is 4.83. The summed E-state index contributed by atoms with van der Waals surface area (Å²) in [5.41, 5.74) is 1.26. The summed E-state index contributed by atoms with van der Waals surface area (Å²) in [6.45, 7) is 0.138. The lowest BCUT2D eigenvalue weighted by atomic mass is 10.3. The molecule has 0 saturated heterocycles. The molecule has 112 valence electrons. The molecule has 22 heavy (non-hydrogen) atoms. The summed E-state index contributed by atoms with van der Waals surface area (Å²) in [6, 6.07) is 10.6. The number of anilines is 1. The van der Waals surface area contributed by atoms with E-state index in [2.05, 4.69) is 10.3 Å². The normalized spacial score (nSPS) is 10.6. The molecule has 2 N–H and O–H groups in total. The largest absolute Gasteiger partial charge is 0.497 e. The lowest BCUT2D eigenvalue weighted by Crippen LogP contribution is -2.18. The second kappa shape index (κ2) is 5.77. The van der Waals surface area contributed by atoms with Gasteiger partial charge in [-0.25, -0.2) is 0 Å². The monoisotopic (exact) mass is 297 g/mol. The predicted octanol–water partition coefficient (Wildman–Crippen LogP) is 1.98. The van der Waals surface area contributed by atoms with Crippen molar-refractivity contribution in [1.82, 2.24) is 9.55 Å². The van der Waals surface area contributed by atoms with Gasteiger partial charge in [0.1, 0.15) is 12.3 Å². The summed E-state index contributed by atoms with van der Waals surface area (Å²) in [5.74, 6) is 0.566. The number of hydrogen-bond acceptors (Lipinski definition) is 3. The van der Waals surface area contributed by atoms with Gasteiger partial charge in [0.2, 0.25) is 5.91 Å². The Bertz CT molecular complexity index is 862. The van der Waals surface area contributed by atoms with Crippen LogP contribution in [0, 0.1) is 0 Å². The van der Waals surface area contributed by atoms with Crippen LogP contribution in [0.1, 0.15) is 0 Å². The first-order chi connectivity index (χ1) is 10.7. The van der Waals surface area contributed by atoms with Crippen molar-refractivity contribution in [3.63, 3.8) is 0 Å². The summed E-state index contributed by atoms with van der Waals surface area (Å²) >= 11 is 0. The molecule has 3 rings (SSSR count). The average Bonchev–Trinajstić information content (AvgIpc) is 2.92. The van der Waals surface area contributed by atoms with E-state index in [1.807, 2.05) is 0 Å². The van der Waals surface area contributed by atoms with E-state index in [1.165, 1.54) is 0 Å². The summed E-state index contributed by atoms with van der Waals surface area (Å²) < 4.78 is 6.81. The van der Waals surface area contributed by atoms with Crippen LogP contribution in [0.5, 0.6) is 5.75 Å². The molecule has 1 amide bonds. The van der Waals surface area contributed by atoms with Gasteiger partial charge < -0.3 is 19.6 Å². The number of ether oxygens (including phenoxy) is 1. The van der Waals surface area contributed by atoms with Gasteiger partial charge in [0.25, 0.3) is 5.56 Å². The third-order valence-electron chi connectivity index (χ3n) is 3.39. The summed E-state index contributed by atoms with van der Waals surface area (Å²) in [5, 5.41) is 3.38. The van der Waals surface area contributed by atoms with Crippen LogP contribution in [0.25, 0.3) is 10.9 Å². The summed E-state index contributed by atoms with van der Waals surface area (Å²) in [7, 11) is 1.59. The first-order valence-corrected chi connectivity index (χ1v) is 6.78. The van der Waals surface area contributed by atoms with Crippen LogP contribution in [-0.2, 0) is 11.3 Å². The van der Waals surface area contributed by atoms with Gasteiger partial charge in [-0.05, 0) is 36.4 Å². The fourth-order valence-electron chi connectivity index (χ4n) is 2.30. The van der Waals surface area contributed by atoms with Gasteiger partial charge in [0.15, 0.2) is 0 Å². The number of nitrogens with zero attached hydrogens (tertiary/aromatic N) is 1. The molecule has 0 atom stereocenters. The number of carbonyl (C=O) groups excluding carboxylic acids is 1. The Morgan fingerprint density at radius 2 is 2.00 bits per heavy atom. The number of rotatable bonds is 4. The van der Waals surface area contributed by atoms with Crippen LogP contribution in [-0.4, -0.2) is 22.6 Å². The van der Waals surface area contributed by atoms with Crippen molar-refractivity contribution in [3.05, 3.63) is 59.1 Å². The Morgan fingerprint density at radius 1 is 1.23 bits per heavy atom. The van der Waals surface area contributed by atoms with Crippen LogP contribution in [0.2, 0.25) is 0 Å². The molecule has 3 aromatic rings. The number of pyridine rings is 1. The molecular weight excluding hydrogens is 282 g/mol. The zero-order valence-corrected chi connectivity index (χ0v) is 12.0. The zero-order valence-electron chi connectivity index (χ0n) is 12.0. The number of nitrogens with one attached hydrogen (secondary N) is 2. The zero-order chi connectivity index (χ0) is 15.5. The number of fused-ring (bicyclic) bond motifs is 1. The Kier molecular flexibility index (Phi) is 3.65. The van der Waals surface area contributed by atoms with Crippen LogP contribution < -0.4 is 15.6 Å². The van der Waals surface area contributed by atoms with Crippen LogP contribution in [0.3, 0.4) is 0 Å². The van der Waals surface area contributed by atoms with E-state index in [9.17, 15) is 9.59 Å². The van der Waals surface area contributed by atoms with E-state index >= 15 is 0 Å². The molecule has 6 nitrogen and oxygen atoms in total. The van der Waals surface area contributed by atoms with Gasteiger partial charge in [-0.15, -0.1) is 0 Å². The Morgan fingerprint density at radius 3 is 2.73 bits per heavy atom. The number of aromatic amines is 1. The topological polar surface area (TPSA) is 76.1 Å². The van der Waals surface area contributed by atoms with Gasteiger partial charge in [0.05, 0.1) is 18.0 Å². The third kappa shape index (κ3) is 2.71. The summed E-state index contributed by atoms with van der Waals surface area (Å²) in [6.07, 6.45) is 3.30. The molecular formula is C16H15N3O3. The Balaban J connectivity index is 1.75. The molecule has 2 aromatic heterocycles. The molecule has 0 spiro atoms. The number of carbonyl (C=O) groups is 1. The highest BCUT2D eigenvalue weighted by atomic mass is 16.5. The number of amides is 1. The maximum Gasteiger partial charge on any atom is 0.257 e. The van der Waals surface area contributed by atoms with Gasteiger partial charge in [-0.2, -0.15) is 0 Å². The predicted molar refractivity (Wildman–Crippen MR) is 84.2 cm³/mol. The van der Waals surface area contributed by atoms with Gasteiger partial charge in [-0.3, -0.25) is 9.59 Å². The molecule has 0 fully saturated rings. The molecule has 0 saturated carbocycles.